The van der Waals surface area contributed by atoms with Gasteiger partial charge in [0.15, 0.2) is 0 Å². The van der Waals surface area contributed by atoms with Crippen molar-refractivity contribution in [3.8, 4) is 5.75 Å². The Kier molecular flexibility index (Phi) is 8.28. The fourth-order valence-electron chi connectivity index (χ4n) is 5.34. The van der Waals surface area contributed by atoms with Crippen molar-refractivity contribution >= 4 is 23.5 Å². The molecule has 39 heavy (non-hydrogen) atoms. The number of aliphatic hydroxyl groups excluding tert-OH is 1. The molecule has 3 heterocycles. The highest BCUT2D eigenvalue weighted by Crippen LogP contribution is 2.43. The fraction of sp³-hybridized carbons (Fsp3) is 0.467. The van der Waals surface area contributed by atoms with E-state index in [4.69, 9.17) is 9.47 Å². The number of piperidine rings is 1. The quantitative estimate of drug-likeness (QED) is 0.321. The van der Waals surface area contributed by atoms with Crippen LogP contribution in [0.1, 0.15) is 70.2 Å². The zero-order valence-electron chi connectivity index (χ0n) is 23.3. The lowest BCUT2D eigenvalue weighted by atomic mass is 9.84. The summed E-state index contributed by atoms with van der Waals surface area (Å²) in [7, 11) is 0. The van der Waals surface area contributed by atoms with Crippen LogP contribution in [0.2, 0.25) is 0 Å². The number of hydrogen-bond acceptors (Lipinski definition) is 7. The van der Waals surface area contributed by atoms with Gasteiger partial charge in [-0.1, -0.05) is 20.8 Å². The number of benzene rings is 1. The molecule has 1 atom stereocenters. The minimum absolute atomic E-state index is 0.0445. The van der Waals surface area contributed by atoms with E-state index in [1.165, 1.54) is 0 Å². The number of carbonyl (C=O) groups excluding carboxylic acids is 3. The first kappa shape index (κ1) is 28.1. The topological polar surface area (TPSA) is 109 Å². The van der Waals surface area contributed by atoms with Crippen molar-refractivity contribution in [2.75, 3.05) is 26.3 Å². The Labute approximate surface area is 229 Å². The first-order valence-electron chi connectivity index (χ1n) is 13.5. The lowest BCUT2D eigenvalue weighted by molar-refractivity contribution is -0.142. The van der Waals surface area contributed by atoms with Crippen molar-refractivity contribution in [3.63, 3.8) is 0 Å². The molecule has 208 valence electrons. The van der Waals surface area contributed by atoms with E-state index in [9.17, 15) is 19.5 Å². The summed E-state index contributed by atoms with van der Waals surface area (Å²) in [6.45, 7) is 11.4. The van der Waals surface area contributed by atoms with Crippen LogP contribution in [0.25, 0.3) is 5.76 Å². The van der Waals surface area contributed by atoms with E-state index >= 15 is 0 Å². The first-order valence-corrected chi connectivity index (χ1v) is 13.5. The highest BCUT2D eigenvalue weighted by molar-refractivity contribution is 6.46. The third-order valence-electron chi connectivity index (χ3n) is 7.25. The second-order valence-electron chi connectivity index (χ2n) is 10.8. The van der Waals surface area contributed by atoms with Gasteiger partial charge in [-0.15, -0.1) is 0 Å². The lowest BCUT2D eigenvalue weighted by Gasteiger charge is -2.38. The number of aromatic nitrogens is 1. The third-order valence-corrected chi connectivity index (χ3v) is 7.25. The van der Waals surface area contributed by atoms with Gasteiger partial charge < -0.3 is 24.4 Å². The van der Waals surface area contributed by atoms with Gasteiger partial charge in [-0.2, -0.15) is 0 Å². The zero-order chi connectivity index (χ0) is 28.3. The molecule has 0 aliphatic carbocycles. The molecule has 1 unspecified atom stereocenters. The van der Waals surface area contributed by atoms with Crippen molar-refractivity contribution < 1.29 is 29.0 Å². The van der Waals surface area contributed by atoms with Crippen LogP contribution < -0.4 is 4.74 Å². The molecular weight excluding hydrogens is 498 g/mol. The minimum atomic E-state index is -0.781. The number of aliphatic hydroxyl groups is 1. The Morgan fingerprint density at radius 1 is 1.05 bits per heavy atom. The van der Waals surface area contributed by atoms with Crippen molar-refractivity contribution in [1.29, 1.82) is 0 Å². The highest BCUT2D eigenvalue weighted by Gasteiger charge is 2.49. The summed E-state index contributed by atoms with van der Waals surface area (Å²) in [5.41, 5.74) is 1.76. The van der Waals surface area contributed by atoms with Crippen molar-refractivity contribution in [3.05, 3.63) is 65.0 Å². The molecular formula is C30H37N3O6. The number of likely N-dealkylation sites (tertiary alicyclic amines) is 2. The predicted molar refractivity (Wildman–Crippen MR) is 146 cm³/mol. The Morgan fingerprint density at radius 2 is 1.72 bits per heavy atom. The van der Waals surface area contributed by atoms with Gasteiger partial charge in [0.2, 0.25) is 0 Å². The summed E-state index contributed by atoms with van der Waals surface area (Å²) in [4.78, 5) is 46.5. The number of carbonyl (C=O) groups is 3. The number of ketones is 1. The number of amides is 2. The zero-order valence-corrected chi connectivity index (χ0v) is 23.3. The second-order valence-corrected chi connectivity index (χ2v) is 10.8. The number of ether oxygens (including phenoxy) is 2. The van der Waals surface area contributed by atoms with Gasteiger partial charge in [0.05, 0.1) is 24.8 Å². The SMILES string of the molecule is CCOC(=O)N1CCC(N2C(=O)C(=O)/C(=C(/O)c3ccc(OCC)c(C(C)(C)C)c3)C2c2ccncc2)CC1. The number of Topliss-reactive ketones (excluding diaryl/α,β-unsaturated/α-hetero) is 1. The number of rotatable bonds is 6. The molecule has 1 aromatic heterocycles. The molecule has 2 saturated heterocycles. The summed E-state index contributed by atoms with van der Waals surface area (Å²) < 4.78 is 10.9. The molecule has 2 aliphatic rings. The molecule has 2 aromatic rings. The Balaban J connectivity index is 1.77. The van der Waals surface area contributed by atoms with Crippen LogP contribution >= 0.6 is 0 Å². The molecule has 2 amide bonds. The molecule has 1 N–H and O–H groups in total. The van der Waals surface area contributed by atoms with E-state index in [0.29, 0.717) is 49.4 Å². The van der Waals surface area contributed by atoms with Crippen LogP contribution in [0.4, 0.5) is 4.79 Å². The fourth-order valence-corrected chi connectivity index (χ4v) is 5.34. The van der Waals surface area contributed by atoms with Gasteiger partial charge in [-0.3, -0.25) is 14.6 Å². The van der Waals surface area contributed by atoms with Gasteiger partial charge in [0.1, 0.15) is 11.5 Å². The Morgan fingerprint density at radius 3 is 2.31 bits per heavy atom. The largest absolute Gasteiger partial charge is 0.507 e. The van der Waals surface area contributed by atoms with Crippen molar-refractivity contribution in [1.82, 2.24) is 14.8 Å². The maximum atomic E-state index is 13.5. The molecule has 0 spiro atoms. The Hall–Kier alpha value is -3.88. The lowest BCUT2D eigenvalue weighted by Crippen LogP contribution is -2.48. The highest BCUT2D eigenvalue weighted by atomic mass is 16.6. The molecule has 2 aliphatic heterocycles. The second kappa shape index (κ2) is 11.5. The van der Waals surface area contributed by atoms with E-state index in [1.54, 1.807) is 53.4 Å². The summed E-state index contributed by atoms with van der Waals surface area (Å²) in [5, 5.41) is 11.6. The van der Waals surface area contributed by atoms with Crippen LogP contribution in [0.15, 0.2) is 48.3 Å². The van der Waals surface area contributed by atoms with Crippen LogP contribution in [0, 0.1) is 0 Å². The van der Waals surface area contributed by atoms with Gasteiger partial charge in [-0.05, 0) is 68.0 Å². The predicted octanol–water partition coefficient (Wildman–Crippen LogP) is 4.82. The summed E-state index contributed by atoms with van der Waals surface area (Å²) >= 11 is 0. The third kappa shape index (κ3) is 5.62. The van der Waals surface area contributed by atoms with Crippen LogP contribution in [0.5, 0.6) is 5.75 Å². The Bertz CT molecular complexity index is 1260. The smallest absolute Gasteiger partial charge is 0.409 e. The number of nitrogens with zero attached hydrogens (tertiary/aromatic N) is 3. The minimum Gasteiger partial charge on any atom is -0.507 e. The van der Waals surface area contributed by atoms with E-state index in [-0.39, 0.29) is 35.5 Å². The van der Waals surface area contributed by atoms with Crippen molar-refractivity contribution in [2.45, 2.75) is 65.0 Å². The molecule has 4 rings (SSSR count). The number of pyridine rings is 1. The average molecular weight is 536 g/mol. The maximum absolute atomic E-state index is 13.5. The normalized spacial score (nSPS) is 19.9. The standard InChI is InChI=1S/C30H37N3O6/c1-6-38-23-9-8-20(18-22(23)30(3,4)5)26(34)24-25(19-10-14-31-15-11-19)33(28(36)27(24)35)21-12-16-32(17-13-21)29(37)39-7-2/h8-11,14-15,18,21,25,34H,6-7,12-13,16-17H2,1-5H3/b26-24+. The van der Waals surface area contributed by atoms with E-state index in [0.717, 1.165) is 5.56 Å². The molecule has 0 bridgehead atoms. The van der Waals surface area contributed by atoms with Crippen molar-refractivity contribution in [2.24, 2.45) is 0 Å². The summed E-state index contributed by atoms with van der Waals surface area (Å²) in [6.07, 6.45) is 3.81. The number of hydrogen-bond donors (Lipinski definition) is 1. The first-order chi connectivity index (χ1) is 18.6. The van der Waals surface area contributed by atoms with Gasteiger partial charge in [0, 0.05) is 42.7 Å². The molecule has 9 nitrogen and oxygen atoms in total. The van der Waals surface area contributed by atoms with E-state index < -0.39 is 17.7 Å². The summed E-state index contributed by atoms with van der Waals surface area (Å²) in [6, 6.07) is 7.77. The van der Waals surface area contributed by atoms with Gasteiger partial charge in [-0.25, -0.2) is 4.79 Å². The average Bonchev–Trinajstić information content (AvgIpc) is 3.19. The van der Waals surface area contributed by atoms with Crippen LogP contribution in [-0.2, 0) is 19.7 Å². The molecule has 1 aromatic carbocycles. The van der Waals surface area contributed by atoms with Crippen LogP contribution in [0.3, 0.4) is 0 Å². The molecule has 9 heteroatoms. The van der Waals surface area contributed by atoms with E-state index in [2.05, 4.69) is 4.98 Å². The maximum Gasteiger partial charge on any atom is 0.409 e. The molecule has 0 radical (unpaired) electrons. The van der Waals surface area contributed by atoms with E-state index in [1.807, 2.05) is 33.8 Å². The van der Waals surface area contributed by atoms with Gasteiger partial charge >= 0.3 is 6.09 Å². The molecule has 0 saturated carbocycles. The van der Waals surface area contributed by atoms with Gasteiger partial charge in [0.25, 0.3) is 11.7 Å². The molecule has 2 fully saturated rings. The monoisotopic (exact) mass is 535 g/mol. The van der Waals surface area contributed by atoms with Crippen LogP contribution in [-0.4, -0.2) is 70.0 Å². The summed E-state index contributed by atoms with van der Waals surface area (Å²) in [5.74, 6) is -0.903.